The first-order chi connectivity index (χ1) is 7.90. The molecule has 3 N–H and O–H groups in total. The lowest BCUT2D eigenvalue weighted by Gasteiger charge is -2.17. The van der Waals surface area contributed by atoms with Gasteiger partial charge in [-0.2, -0.15) is 5.10 Å². The number of hydrogen-bond acceptors (Lipinski definition) is 3. The van der Waals surface area contributed by atoms with Crippen LogP contribution in [0.25, 0.3) is 0 Å². The molecular formula is C10H16N4O3. The summed E-state index contributed by atoms with van der Waals surface area (Å²) in [6.45, 7) is 3.45. The minimum absolute atomic E-state index is 0.188. The molecule has 0 aromatic carbocycles. The molecule has 0 radical (unpaired) electrons. The summed E-state index contributed by atoms with van der Waals surface area (Å²) in [5.74, 6) is -1.24. The quantitative estimate of drug-likeness (QED) is 0.720. The van der Waals surface area contributed by atoms with Crippen LogP contribution < -0.4 is 10.6 Å². The number of carbonyl (C=O) groups excluding carboxylic acids is 1. The number of carbonyl (C=O) groups is 2. The second-order valence-corrected chi connectivity index (χ2v) is 4.06. The average molecular weight is 240 g/mol. The van der Waals surface area contributed by atoms with Gasteiger partial charge in [-0.05, 0) is 5.92 Å². The highest BCUT2D eigenvalue weighted by atomic mass is 16.4. The van der Waals surface area contributed by atoms with E-state index in [0.29, 0.717) is 5.69 Å². The third-order valence-corrected chi connectivity index (χ3v) is 2.18. The van der Waals surface area contributed by atoms with Crippen LogP contribution in [-0.4, -0.2) is 32.9 Å². The Morgan fingerprint density at radius 1 is 1.47 bits per heavy atom. The third-order valence-electron chi connectivity index (χ3n) is 2.18. The number of amides is 2. The van der Waals surface area contributed by atoms with Crippen LogP contribution in [0.3, 0.4) is 0 Å². The first kappa shape index (κ1) is 13.0. The van der Waals surface area contributed by atoms with Crippen LogP contribution in [0, 0.1) is 5.92 Å². The standard InChI is InChI=1S/C10H16N4O3/c1-6(2)8(9(15)16)13-10(17)12-7-4-11-14(3)5-7/h4-6,8H,1-3H3,(H,15,16)(H2,12,13,17). The van der Waals surface area contributed by atoms with Gasteiger partial charge in [0.05, 0.1) is 11.9 Å². The van der Waals surface area contributed by atoms with Gasteiger partial charge in [0, 0.05) is 13.2 Å². The molecule has 7 nitrogen and oxygen atoms in total. The maximum Gasteiger partial charge on any atom is 0.326 e. The van der Waals surface area contributed by atoms with Gasteiger partial charge in [-0.1, -0.05) is 13.8 Å². The summed E-state index contributed by atoms with van der Waals surface area (Å²) in [7, 11) is 1.72. The lowest BCUT2D eigenvalue weighted by molar-refractivity contribution is -0.140. The number of hydrogen-bond donors (Lipinski definition) is 3. The minimum Gasteiger partial charge on any atom is -0.480 e. The van der Waals surface area contributed by atoms with Crippen molar-refractivity contribution in [3.05, 3.63) is 12.4 Å². The van der Waals surface area contributed by atoms with Crippen LogP contribution in [0.1, 0.15) is 13.8 Å². The van der Waals surface area contributed by atoms with Crippen molar-refractivity contribution in [1.29, 1.82) is 0 Å². The maximum absolute atomic E-state index is 11.5. The van der Waals surface area contributed by atoms with Gasteiger partial charge in [-0.15, -0.1) is 0 Å². The number of nitrogens with one attached hydrogen (secondary N) is 2. The molecule has 0 bridgehead atoms. The van der Waals surface area contributed by atoms with E-state index in [0.717, 1.165) is 0 Å². The van der Waals surface area contributed by atoms with Crippen molar-refractivity contribution >= 4 is 17.7 Å². The third kappa shape index (κ3) is 3.78. The molecule has 1 heterocycles. The van der Waals surface area contributed by atoms with Gasteiger partial charge in [0.15, 0.2) is 0 Å². The van der Waals surface area contributed by atoms with Crippen LogP contribution in [0.4, 0.5) is 10.5 Å². The first-order valence-corrected chi connectivity index (χ1v) is 5.19. The molecule has 94 valence electrons. The van der Waals surface area contributed by atoms with Crippen molar-refractivity contribution in [3.8, 4) is 0 Å². The molecule has 0 saturated carbocycles. The van der Waals surface area contributed by atoms with Crippen LogP contribution in [0.15, 0.2) is 12.4 Å². The molecule has 1 aromatic heterocycles. The minimum atomic E-state index is -1.05. The number of carboxylic acid groups (broad SMARTS) is 1. The molecule has 0 fully saturated rings. The second-order valence-electron chi connectivity index (χ2n) is 4.06. The molecule has 1 atom stereocenters. The summed E-state index contributed by atoms with van der Waals surface area (Å²) in [5, 5.41) is 17.7. The van der Waals surface area contributed by atoms with Crippen molar-refractivity contribution in [2.45, 2.75) is 19.9 Å². The Hall–Kier alpha value is -2.05. The molecule has 17 heavy (non-hydrogen) atoms. The molecule has 1 aromatic rings. The second kappa shape index (κ2) is 5.33. The SMILES string of the molecule is CC(C)C(NC(=O)Nc1cnn(C)c1)C(=O)O. The van der Waals surface area contributed by atoms with Crippen LogP contribution in [0.5, 0.6) is 0 Å². The highest BCUT2D eigenvalue weighted by Gasteiger charge is 2.23. The zero-order chi connectivity index (χ0) is 13.0. The van der Waals surface area contributed by atoms with Crippen molar-refractivity contribution in [2.75, 3.05) is 5.32 Å². The summed E-state index contributed by atoms with van der Waals surface area (Å²) in [6.07, 6.45) is 3.09. The van der Waals surface area contributed by atoms with Crippen molar-refractivity contribution in [3.63, 3.8) is 0 Å². The topological polar surface area (TPSA) is 96.3 Å². The molecule has 0 aliphatic rings. The normalized spacial score (nSPS) is 12.2. The van der Waals surface area contributed by atoms with E-state index in [1.165, 1.54) is 10.9 Å². The zero-order valence-corrected chi connectivity index (χ0v) is 9.97. The summed E-state index contributed by atoms with van der Waals surface area (Å²) in [6, 6.07) is -1.47. The number of aliphatic carboxylic acids is 1. The van der Waals surface area contributed by atoms with E-state index >= 15 is 0 Å². The van der Waals surface area contributed by atoms with Crippen LogP contribution >= 0.6 is 0 Å². The fourth-order valence-electron chi connectivity index (χ4n) is 1.31. The maximum atomic E-state index is 11.5. The lowest BCUT2D eigenvalue weighted by Crippen LogP contribution is -2.46. The summed E-state index contributed by atoms with van der Waals surface area (Å²) in [5.41, 5.74) is 0.512. The highest BCUT2D eigenvalue weighted by molar-refractivity contribution is 5.92. The Balaban J connectivity index is 2.56. The summed E-state index contributed by atoms with van der Waals surface area (Å²) < 4.78 is 1.53. The summed E-state index contributed by atoms with van der Waals surface area (Å²) >= 11 is 0. The molecule has 0 saturated heterocycles. The number of aromatic nitrogens is 2. The Bertz CT molecular complexity index is 413. The van der Waals surface area contributed by atoms with Gasteiger partial charge in [0.2, 0.25) is 0 Å². The van der Waals surface area contributed by atoms with E-state index in [4.69, 9.17) is 5.11 Å². The molecule has 7 heteroatoms. The fourth-order valence-corrected chi connectivity index (χ4v) is 1.31. The molecule has 1 unspecified atom stereocenters. The van der Waals surface area contributed by atoms with E-state index in [-0.39, 0.29) is 5.92 Å². The predicted molar refractivity (Wildman–Crippen MR) is 61.6 cm³/mol. The smallest absolute Gasteiger partial charge is 0.326 e. The van der Waals surface area contributed by atoms with Gasteiger partial charge < -0.3 is 15.7 Å². The predicted octanol–water partition coefficient (Wildman–Crippen LogP) is 0.651. The van der Waals surface area contributed by atoms with E-state index in [1.54, 1.807) is 27.1 Å². The van der Waals surface area contributed by atoms with E-state index < -0.39 is 18.0 Å². The van der Waals surface area contributed by atoms with Gasteiger partial charge in [0.1, 0.15) is 6.04 Å². The summed E-state index contributed by atoms with van der Waals surface area (Å²) in [4.78, 5) is 22.4. The first-order valence-electron chi connectivity index (χ1n) is 5.19. The number of nitrogens with zero attached hydrogens (tertiary/aromatic N) is 2. The van der Waals surface area contributed by atoms with Gasteiger partial charge >= 0.3 is 12.0 Å². The Morgan fingerprint density at radius 3 is 2.53 bits per heavy atom. The van der Waals surface area contributed by atoms with Crippen molar-refractivity contribution in [1.82, 2.24) is 15.1 Å². The number of carboxylic acids is 1. The zero-order valence-electron chi connectivity index (χ0n) is 9.97. The molecule has 2 amide bonds. The monoisotopic (exact) mass is 240 g/mol. The lowest BCUT2D eigenvalue weighted by atomic mass is 10.1. The fraction of sp³-hybridized carbons (Fsp3) is 0.500. The van der Waals surface area contributed by atoms with E-state index in [9.17, 15) is 9.59 Å². The van der Waals surface area contributed by atoms with Crippen molar-refractivity contribution in [2.24, 2.45) is 13.0 Å². The van der Waals surface area contributed by atoms with Gasteiger partial charge in [0.25, 0.3) is 0 Å². The van der Waals surface area contributed by atoms with Gasteiger partial charge in [-0.25, -0.2) is 9.59 Å². The molecule has 1 rings (SSSR count). The van der Waals surface area contributed by atoms with Gasteiger partial charge in [-0.3, -0.25) is 4.68 Å². The molecule has 0 aliphatic carbocycles. The Labute approximate surface area is 98.8 Å². The average Bonchev–Trinajstić information content (AvgIpc) is 2.59. The molecule has 0 aliphatic heterocycles. The largest absolute Gasteiger partial charge is 0.480 e. The number of urea groups is 1. The molecule has 0 spiro atoms. The number of anilines is 1. The van der Waals surface area contributed by atoms with Crippen LogP contribution in [-0.2, 0) is 11.8 Å². The van der Waals surface area contributed by atoms with Crippen LogP contribution in [0.2, 0.25) is 0 Å². The van der Waals surface area contributed by atoms with Crippen molar-refractivity contribution < 1.29 is 14.7 Å². The molecular weight excluding hydrogens is 224 g/mol. The van der Waals surface area contributed by atoms with E-state index in [1.807, 2.05) is 0 Å². The number of aryl methyl sites for hydroxylation is 1. The Kier molecular flexibility index (Phi) is 4.08. The number of rotatable bonds is 4. The van der Waals surface area contributed by atoms with E-state index in [2.05, 4.69) is 15.7 Å². The Morgan fingerprint density at radius 2 is 2.12 bits per heavy atom. The highest BCUT2D eigenvalue weighted by Crippen LogP contribution is 2.05.